The van der Waals surface area contributed by atoms with Crippen molar-refractivity contribution in [3.8, 4) is 0 Å². The average molecular weight is 164 g/mol. The Balaban J connectivity index is 2.49. The molecular weight excluding hydrogens is 144 g/mol. The predicted octanol–water partition coefficient (Wildman–Crippen LogP) is 3.95. The molecule has 0 aromatic carbocycles. The highest BCUT2D eigenvalue weighted by Crippen LogP contribution is 2.27. The van der Waals surface area contributed by atoms with Crippen molar-refractivity contribution in [2.75, 3.05) is 0 Å². The molecule has 0 bridgehead atoms. The molecule has 0 nitrogen and oxygen atoms in total. The van der Waals surface area contributed by atoms with E-state index in [1.165, 1.54) is 18.4 Å². The van der Waals surface area contributed by atoms with Gasteiger partial charge in [-0.3, -0.25) is 0 Å². The summed E-state index contributed by atoms with van der Waals surface area (Å²) in [7, 11) is 0. The van der Waals surface area contributed by atoms with Crippen LogP contribution in [0.4, 0.5) is 0 Å². The standard InChI is InChI=1S/C12H20/c1-9(2)7-11-5-6-12(8-11)10(3)4/h6,8-10H,5,7H2,1-4H3. The largest absolute Gasteiger partial charge is 0.0770 e. The molecule has 0 saturated carbocycles. The van der Waals surface area contributed by atoms with Crippen LogP contribution in [-0.2, 0) is 0 Å². The van der Waals surface area contributed by atoms with E-state index in [1.807, 2.05) is 0 Å². The molecule has 0 saturated heterocycles. The summed E-state index contributed by atoms with van der Waals surface area (Å²) in [6, 6.07) is 0. The van der Waals surface area contributed by atoms with Crippen LogP contribution in [0.1, 0.15) is 40.5 Å². The molecule has 0 aromatic rings. The Labute approximate surface area is 76.4 Å². The van der Waals surface area contributed by atoms with E-state index in [0.717, 1.165) is 5.92 Å². The van der Waals surface area contributed by atoms with Gasteiger partial charge in [0.15, 0.2) is 0 Å². The molecule has 0 heterocycles. The minimum absolute atomic E-state index is 0.703. The highest BCUT2D eigenvalue weighted by atomic mass is 14.2. The Bertz CT molecular complexity index is 204. The van der Waals surface area contributed by atoms with E-state index in [0.29, 0.717) is 5.92 Å². The summed E-state index contributed by atoms with van der Waals surface area (Å²) < 4.78 is 0. The van der Waals surface area contributed by atoms with E-state index in [9.17, 15) is 0 Å². The molecule has 1 aliphatic rings. The van der Waals surface area contributed by atoms with Crippen LogP contribution in [0.25, 0.3) is 0 Å². The molecule has 12 heavy (non-hydrogen) atoms. The maximum Gasteiger partial charge on any atom is -0.0130 e. The van der Waals surface area contributed by atoms with E-state index >= 15 is 0 Å². The third-order valence-electron chi connectivity index (χ3n) is 2.31. The topological polar surface area (TPSA) is 0 Å². The number of rotatable bonds is 3. The van der Waals surface area contributed by atoms with Crippen LogP contribution in [0.5, 0.6) is 0 Å². The zero-order valence-electron chi connectivity index (χ0n) is 8.72. The first kappa shape index (κ1) is 9.57. The van der Waals surface area contributed by atoms with Crippen LogP contribution < -0.4 is 0 Å². The fourth-order valence-electron chi connectivity index (χ4n) is 1.67. The molecule has 0 aliphatic heterocycles. The quantitative estimate of drug-likeness (QED) is 0.592. The molecule has 0 atom stereocenters. The number of hydrogen-bond donors (Lipinski definition) is 0. The monoisotopic (exact) mass is 164 g/mol. The summed E-state index contributed by atoms with van der Waals surface area (Å²) in [5.41, 5.74) is 3.15. The second-order valence-corrected chi connectivity index (χ2v) is 4.46. The molecular formula is C12H20. The van der Waals surface area contributed by atoms with Gasteiger partial charge in [0.1, 0.15) is 0 Å². The highest BCUT2D eigenvalue weighted by Gasteiger charge is 2.09. The van der Waals surface area contributed by atoms with E-state index in [-0.39, 0.29) is 0 Å². The van der Waals surface area contributed by atoms with Crippen LogP contribution >= 0.6 is 0 Å². The molecule has 0 spiro atoms. The molecule has 0 amide bonds. The summed E-state index contributed by atoms with van der Waals surface area (Å²) in [4.78, 5) is 0. The van der Waals surface area contributed by atoms with Gasteiger partial charge >= 0.3 is 0 Å². The molecule has 0 heteroatoms. The first-order chi connectivity index (χ1) is 5.59. The third-order valence-corrected chi connectivity index (χ3v) is 2.31. The van der Waals surface area contributed by atoms with Crippen molar-refractivity contribution in [2.45, 2.75) is 40.5 Å². The van der Waals surface area contributed by atoms with Gasteiger partial charge in [0.25, 0.3) is 0 Å². The van der Waals surface area contributed by atoms with Gasteiger partial charge in [0.05, 0.1) is 0 Å². The van der Waals surface area contributed by atoms with E-state index in [2.05, 4.69) is 39.8 Å². The van der Waals surface area contributed by atoms with Gasteiger partial charge in [-0.05, 0) is 30.3 Å². The minimum Gasteiger partial charge on any atom is -0.0770 e. The SMILES string of the molecule is CC(C)CC1=CC(C(C)C)=CC1. The van der Waals surface area contributed by atoms with Crippen molar-refractivity contribution >= 4 is 0 Å². The predicted molar refractivity (Wildman–Crippen MR) is 55.1 cm³/mol. The van der Waals surface area contributed by atoms with Crippen LogP contribution in [0, 0.1) is 11.8 Å². The second-order valence-electron chi connectivity index (χ2n) is 4.46. The van der Waals surface area contributed by atoms with Gasteiger partial charge in [-0.15, -0.1) is 0 Å². The normalized spacial score (nSPS) is 17.2. The van der Waals surface area contributed by atoms with Crippen LogP contribution in [-0.4, -0.2) is 0 Å². The summed E-state index contributed by atoms with van der Waals surface area (Å²) in [5, 5.41) is 0. The minimum atomic E-state index is 0.703. The van der Waals surface area contributed by atoms with E-state index in [4.69, 9.17) is 0 Å². The Kier molecular flexibility index (Phi) is 3.13. The lowest BCUT2D eigenvalue weighted by atomic mass is 10.0. The van der Waals surface area contributed by atoms with Gasteiger partial charge in [0, 0.05) is 0 Å². The Morgan fingerprint density at radius 1 is 1.25 bits per heavy atom. The van der Waals surface area contributed by atoms with Crippen LogP contribution in [0.15, 0.2) is 23.3 Å². The second kappa shape index (κ2) is 3.93. The smallest absolute Gasteiger partial charge is 0.0130 e. The van der Waals surface area contributed by atoms with Crippen LogP contribution in [0.2, 0.25) is 0 Å². The van der Waals surface area contributed by atoms with Gasteiger partial charge in [-0.1, -0.05) is 45.4 Å². The van der Waals surface area contributed by atoms with E-state index < -0.39 is 0 Å². The first-order valence-electron chi connectivity index (χ1n) is 4.99. The fourth-order valence-corrected chi connectivity index (χ4v) is 1.67. The Hall–Kier alpha value is -0.520. The molecule has 0 fully saturated rings. The van der Waals surface area contributed by atoms with Gasteiger partial charge in [-0.25, -0.2) is 0 Å². The molecule has 1 rings (SSSR count). The Morgan fingerprint density at radius 2 is 1.92 bits per heavy atom. The molecule has 0 aromatic heterocycles. The Morgan fingerprint density at radius 3 is 2.33 bits per heavy atom. The van der Waals surface area contributed by atoms with Gasteiger partial charge in [-0.2, -0.15) is 0 Å². The number of allylic oxidation sites excluding steroid dienone is 4. The maximum absolute atomic E-state index is 2.39. The lowest BCUT2D eigenvalue weighted by Gasteiger charge is -2.04. The van der Waals surface area contributed by atoms with Crippen molar-refractivity contribution in [2.24, 2.45) is 11.8 Å². The molecule has 0 N–H and O–H groups in total. The van der Waals surface area contributed by atoms with Gasteiger partial charge in [0.2, 0.25) is 0 Å². The first-order valence-corrected chi connectivity index (χ1v) is 4.99. The van der Waals surface area contributed by atoms with Crippen molar-refractivity contribution in [1.82, 2.24) is 0 Å². The third kappa shape index (κ3) is 2.51. The van der Waals surface area contributed by atoms with Crippen molar-refractivity contribution < 1.29 is 0 Å². The van der Waals surface area contributed by atoms with E-state index in [1.54, 1.807) is 5.57 Å². The lowest BCUT2D eigenvalue weighted by Crippen LogP contribution is -1.89. The number of hydrogen-bond acceptors (Lipinski definition) is 0. The molecule has 0 unspecified atom stereocenters. The maximum atomic E-state index is 2.39. The summed E-state index contributed by atoms with van der Waals surface area (Å²) in [6.07, 6.45) is 7.24. The summed E-state index contributed by atoms with van der Waals surface area (Å²) in [6.45, 7) is 9.10. The highest BCUT2D eigenvalue weighted by molar-refractivity contribution is 5.33. The zero-order chi connectivity index (χ0) is 9.14. The fraction of sp³-hybridized carbons (Fsp3) is 0.667. The molecule has 0 radical (unpaired) electrons. The van der Waals surface area contributed by atoms with Crippen molar-refractivity contribution in [3.63, 3.8) is 0 Å². The van der Waals surface area contributed by atoms with Crippen molar-refractivity contribution in [3.05, 3.63) is 23.3 Å². The summed E-state index contributed by atoms with van der Waals surface area (Å²) in [5.74, 6) is 1.51. The van der Waals surface area contributed by atoms with Crippen LogP contribution in [0.3, 0.4) is 0 Å². The summed E-state index contributed by atoms with van der Waals surface area (Å²) >= 11 is 0. The lowest BCUT2D eigenvalue weighted by molar-refractivity contribution is 0.637. The average Bonchev–Trinajstić information content (AvgIpc) is 2.34. The van der Waals surface area contributed by atoms with Crippen molar-refractivity contribution in [1.29, 1.82) is 0 Å². The molecule has 68 valence electrons. The zero-order valence-corrected chi connectivity index (χ0v) is 8.72. The van der Waals surface area contributed by atoms with Gasteiger partial charge < -0.3 is 0 Å². The molecule has 1 aliphatic carbocycles.